The van der Waals surface area contributed by atoms with Gasteiger partial charge in [-0.3, -0.25) is 9.97 Å². The molecule has 0 bridgehead atoms. The first-order chi connectivity index (χ1) is 37.6. The zero-order valence-corrected chi connectivity index (χ0v) is 44.8. The van der Waals surface area contributed by atoms with Gasteiger partial charge in [-0.25, -0.2) is 0 Å². The molecule has 9 aromatic carbocycles. The van der Waals surface area contributed by atoms with Crippen LogP contribution in [-0.2, 0) is 45.8 Å². The van der Waals surface area contributed by atoms with Crippen molar-refractivity contribution in [3.63, 3.8) is 0 Å². The van der Waals surface area contributed by atoms with Crippen LogP contribution in [0.2, 0.25) is 0 Å². The Labute approximate surface area is 466 Å². The maximum absolute atomic E-state index is 4.99. The van der Waals surface area contributed by atoms with Crippen molar-refractivity contribution in [2.45, 2.75) is 25.7 Å². The number of hydrogen-bond donors (Lipinski definition) is 0. The molecule has 0 spiro atoms. The Morgan fingerprint density at radius 2 is 0.675 bits per heavy atom. The Hall–Kier alpha value is -8.92. The fourth-order valence-electron chi connectivity index (χ4n) is 10.0. The van der Waals surface area contributed by atoms with E-state index in [1.165, 1.54) is 50.1 Å². The van der Waals surface area contributed by atoms with Crippen LogP contribution >= 0.6 is 0 Å². The summed E-state index contributed by atoms with van der Waals surface area (Å²) in [6, 6.07) is 103. The van der Waals surface area contributed by atoms with Crippen molar-refractivity contribution in [3.8, 4) is 101 Å². The van der Waals surface area contributed by atoms with Crippen molar-refractivity contribution in [1.29, 1.82) is 0 Å². The topological polar surface area (TPSA) is 38.7 Å². The molecule has 0 aliphatic heterocycles. The third-order valence-corrected chi connectivity index (χ3v) is 14.1. The molecular formula is C73H52IrN3. The summed E-state index contributed by atoms with van der Waals surface area (Å²) in [7, 11) is 0. The minimum atomic E-state index is 0. The van der Waals surface area contributed by atoms with Crippen LogP contribution in [-0.4, -0.2) is 15.0 Å². The average molecular weight is 1160 g/mol. The normalized spacial score (nSPS) is 11.0. The summed E-state index contributed by atoms with van der Waals surface area (Å²) in [5, 5.41) is 0. The molecule has 77 heavy (non-hydrogen) atoms. The van der Waals surface area contributed by atoms with Crippen molar-refractivity contribution in [2.24, 2.45) is 0 Å². The number of aromatic nitrogens is 3. The zero-order valence-electron chi connectivity index (χ0n) is 42.4. The summed E-state index contributed by atoms with van der Waals surface area (Å²) in [6.07, 6.45) is 5.45. The summed E-state index contributed by atoms with van der Waals surface area (Å²) < 4.78 is 0. The number of rotatable bonds is 15. The van der Waals surface area contributed by atoms with Crippen LogP contribution in [0.15, 0.2) is 267 Å². The number of hydrogen-bond acceptors (Lipinski definition) is 3. The van der Waals surface area contributed by atoms with Crippen LogP contribution < -0.4 is 0 Å². The Bertz CT molecular complexity index is 3730. The van der Waals surface area contributed by atoms with Crippen molar-refractivity contribution in [1.82, 2.24) is 15.0 Å². The van der Waals surface area contributed by atoms with Gasteiger partial charge in [0.2, 0.25) is 0 Å². The van der Waals surface area contributed by atoms with Crippen LogP contribution in [0.25, 0.3) is 101 Å². The predicted octanol–water partition coefficient (Wildman–Crippen LogP) is 17.8. The minimum Gasteiger partial charge on any atom is -0.305 e. The molecule has 0 N–H and O–H groups in total. The summed E-state index contributed by atoms with van der Waals surface area (Å²) >= 11 is 0. The fourth-order valence-corrected chi connectivity index (χ4v) is 10.0. The SMILES string of the molecule is [Ir+3].[c-]1cc(-c2ccccc2-c2cc(CCc3c[c-]c(-c4cccc(-c5ccccc5)n4)cc3)cc(CCc3c[c-]c(-c4cccc(-c5ccccc5)n4)cc3)c2)ccc1-c1cc(-c2ccc(-c3ccccc3)cc2)ccn1. The first-order valence-electron chi connectivity index (χ1n) is 26.1. The van der Waals surface area contributed by atoms with E-state index in [-0.39, 0.29) is 20.1 Å². The van der Waals surface area contributed by atoms with Gasteiger partial charge in [0, 0.05) is 6.20 Å². The third kappa shape index (κ3) is 12.0. The summed E-state index contributed by atoms with van der Waals surface area (Å²) in [5.74, 6) is 0. The number of pyridine rings is 3. The maximum atomic E-state index is 4.99. The molecule has 0 aliphatic carbocycles. The molecule has 12 rings (SSSR count). The maximum Gasteiger partial charge on any atom is 3.00 e. The summed E-state index contributed by atoms with van der Waals surface area (Å²) in [5.41, 5.74) is 24.2. The van der Waals surface area contributed by atoms with E-state index < -0.39 is 0 Å². The van der Waals surface area contributed by atoms with Gasteiger partial charge in [-0.1, -0.05) is 212 Å². The number of aryl methyl sites for hydroxylation is 4. The second-order valence-electron chi connectivity index (χ2n) is 19.2. The average Bonchev–Trinajstić information content (AvgIpc) is 3.51. The first-order valence-corrected chi connectivity index (χ1v) is 26.1. The Morgan fingerprint density at radius 1 is 0.260 bits per heavy atom. The molecule has 0 amide bonds. The second-order valence-corrected chi connectivity index (χ2v) is 19.2. The van der Waals surface area contributed by atoms with Gasteiger partial charge in [0.15, 0.2) is 0 Å². The third-order valence-electron chi connectivity index (χ3n) is 14.1. The van der Waals surface area contributed by atoms with E-state index in [2.05, 4.69) is 243 Å². The smallest absolute Gasteiger partial charge is 0.305 e. The predicted molar refractivity (Wildman–Crippen MR) is 313 cm³/mol. The molecule has 4 heteroatoms. The van der Waals surface area contributed by atoms with Gasteiger partial charge in [-0.2, -0.15) is 0 Å². The molecule has 0 radical (unpaired) electrons. The van der Waals surface area contributed by atoms with E-state index in [1.807, 2.05) is 42.6 Å². The molecule has 0 saturated heterocycles. The molecule has 3 nitrogen and oxygen atoms in total. The molecule has 0 fully saturated rings. The molecule has 368 valence electrons. The van der Waals surface area contributed by atoms with E-state index >= 15 is 0 Å². The number of benzene rings is 9. The molecular weight excluding hydrogens is 1110 g/mol. The quantitative estimate of drug-likeness (QED) is 0.0960. The Balaban J connectivity index is 0.00000631. The van der Waals surface area contributed by atoms with Crippen molar-refractivity contribution < 1.29 is 20.1 Å². The standard InChI is InChI=1S/C73H52N3.Ir/c1-4-14-56(15-5-1)57-38-40-58(41-39-57)65-46-47-74-73(51-65)64-44-42-59(43-45-64)67-20-10-11-21-68(67)66-49-54(28-26-52-30-34-62(35-31-52)71-24-12-22-69(75-71)60-16-6-2-7-17-60)48-55(50-66)29-27-53-32-36-63(37-33-53)72-25-13-23-70(76-72)61-18-8-3-9-19-61;/h1-25,30-34,36,38-44,46-51H,26-29H2;/q-3;+3. The molecule has 0 atom stereocenters. The van der Waals surface area contributed by atoms with Gasteiger partial charge in [0.05, 0.1) is 11.4 Å². The molecule has 12 aromatic rings. The summed E-state index contributed by atoms with van der Waals surface area (Å²) in [4.78, 5) is 14.8. The monoisotopic (exact) mass is 1160 g/mol. The van der Waals surface area contributed by atoms with Crippen LogP contribution in [0.5, 0.6) is 0 Å². The van der Waals surface area contributed by atoms with E-state index in [0.717, 1.165) is 98.7 Å². The molecule has 0 unspecified atom stereocenters. The number of nitrogens with zero attached hydrogens (tertiary/aromatic N) is 3. The van der Waals surface area contributed by atoms with Crippen LogP contribution in [0.1, 0.15) is 22.3 Å². The second kappa shape index (κ2) is 23.7. The van der Waals surface area contributed by atoms with Gasteiger partial charge in [-0.15, -0.1) is 101 Å². The summed E-state index contributed by atoms with van der Waals surface area (Å²) in [6.45, 7) is 0. The van der Waals surface area contributed by atoms with E-state index in [9.17, 15) is 0 Å². The van der Waals surface area contributed by atoms with Crippen molar-refractivity contribution in [3.05, 3.63) is 308 Å². The van der Waals surface area contributed by atoms with E-state index in [0.29, 0.717) is 0 Å². The van der Waals surface area contributed by atoms with Crippen LogP contribution in [0.3, 0.4) is 0 Å². The Kier molecular flexibility index (Phi) is 15.5. The largest absolute Gasteiger partial charge is 3.00 e. The van der Waals surface area contributed by atoms with Gasteiger partial charge >= 0.3 is 20.1 Å². The minimum absolute atomic E-state index is 0. The van der Waals surface area contributed by atoms with Gasteiger partial charge in [0.25, 0.3) is 0 Å². The molecule has 0 saturated carbocycles. The molecule has 3 heterocycles. The molecule has 3 aromatic heterocycles. The molecule has 0 aliphatic rings. The van der Waals surface area contributed by atoms with Gasteiger partial charge in [-0.05, 0) is 104 Å². The first kappa shape index (κ1) is 50.2. The van der Waals surface area contributed by atoms with Crippen molar-refractivity contribution in [2.75, 3.05) is 0 Å². The van der Waals surface area contributed by atoms with Crippen LogP contribution in [0.4, 0.5) is 0 Å². The van der Waals surface area contributed by atoms with Gasteiger partial charge in [0.1, 0.15) is 0 Å². The van der Waals surface area contributed by atoms with Crippen molar-refractivity contribution >= 4 is 0 Å². The Morgan fingerprint density at radius 3 is 1.18 bits per heavy atom. The fraction of sp³-hybridized carbons (Fsp3) is 0.0548. The zero-order chi connectivity index (χ0) is 50.9. The van der Waals surface area contributed by atoms with Crippen LogP contribution in [0, 0.1) is 18.2 Å². The van der Waals surface area contributed by atoms with E-state index in [1.54, 1.807) is 0 Å². The van der Waals surface area contributed by atoms with Gasteiger partial charge < -0.3 is 4.98 Å². The van der Waals surface area contributed by atoms with E-state index in [4.69, 9.17) is 15.0 Å².